The molecule has 1 rings (SSSR count). The van der Waals surface area contributed by atoms with Gasteiger partial charge in [0, 0.05) is 12.1 Å². The molecule has 0 atom stereocenters. The van der Waals surface area contributed by atoms with Gasteiger partial charge in [-0.3, -0.25) is 4.79 Å². The Morgan fingerprint density at radius 1 is 1.32 bits per heavy atom. The molecule has 0 aromatic heterocycles. The van der Waals surface area contributed by atoms with E-state index in [-0.39, 0.29) is 11.3 Å². The van der Waals surface area contributed by atoms with Crippen LogP contribution < -0.4 is 11.1 Å². The van der Waals surface area contributed by atoms with E-state index in [9.17, 15) is 4.79 Å². The summed E-state index contributed by atoms with van der Waals surface area (Å²) in [4.78, 5) is 12.2. The number of amides is 1. The third-order valence-electron chi connectivity index (χ3n) is 3.42. The van der Waals surface area contributed by atoms with E-state index in [0.717, 1.165) is 29.5 Å². The first kappa shape index (κ1) is 15.7. The fourth-order valence-electron chi connectivity index (χ4n) is 2.06. The summed E-state index contributed by atoms with van der Waals surface area (Å²) in [6.07, 6.45) is 2.02. The molecule has 3 nitrogen and oxygen atoms in total. The molecule has 0 unspecified atom stereocenters. The van der Waals surface area contributed by atoms with Gasteiger partial charge in [0.1, 0.15) is 0 Å². The van der Waals surface area contributed by atoms with Crippen LogP contribution in [0, 0.1) is 19.3 Å². The molecule has 1 aromatic rings. The van der Waals surface area contributed by atoms with Crippen LogP contribution in [0.1, 0.15) is 48.2 Å². The van der Waals surface area contributed by atoms with Gasteiger partial charge in [-0.2, -0.15) is 0 Å². The minimum Gasteiger partial charge on any atom is -0.351 e. The van der Waals surface area contributed by atoms with Crippen molar-refractivity contribution in [1.82, 2.24) is 5.32 Å². The van der Waals surface area contributed by atoms with Gasteiger partial charge in [0.15, 0.2) is 0 Å². The van der Waals surface area contributed by atoms with Gasteiger partial charge in [-0.05, 0) is 50.3 Å². The van der Waals surface area contributed by atoms with Crippen molar-refractivity contribution in [1.29, 1.82) is 0 Å². The van der Waals surface area contributed by atoms with Gasteiger partial charge >= 0.3 is 0 Å². The maximum absolute atomic E-state index is 12.2. The maximum Gasteiger partial charge on any atom is 0.251 e. The van der Waals surface area contributed by atoms with Crippen molar-refractivity contribution in [3.63, 3.8) is 0 Å². The average molecular weight is 262 g/mol. The molecular formula is C16H26N2O. The fraction of sp³-hybridized carbons (Fsp3) is 0.562. The lowest BCUT2D eigenvalue weighted by molar-refractivity contribution is 0.0933. The number of benzene rings is 1. The number of hydrogen-bond acceptors (Lipinski definition) is 2. The summed E-state index contributed by atoms with van der Waals surface area (Å²) >= 11 is 0. The molecule has 0 radical (unpaired) electrons. The molecule has 19 heavy (non-hydrogen) atoms. The molecule has 1 amide bonds. The second-order valence-corrected chi connectivity index (χ2v) is 6.06. The lowest BCUT2D eigenvalue weighted by atomic mass is 9.87. The molecule has 0 heterocycles. The summed E-state index contributed by atoms with van der Waals surface area (Å²) in [5.74, 6) is 0.0158. The Labute approximate surface area is 116 Å². The molecule has 0 saturated carbocycles. The van der Waals surface area contributed by atoms with Crippen molar-refractivity contribution in [2.75, 3.05) is 13.1 Å². The quantitative estimate of drug-likeness (QED) is 0.828. The van der Waals surface area contributed by atoms with Crippen molar-refractivity contribution in [2.24, 2.45) is 11.1 Å². The number of hydrogen-bond donors (Lipinski definition) is 2. The molecule has 3 N–H and O–H groups in total. The average Bonchev–Trinajstić information content (AvgIpc) is 2.36. The van der Waals surface area contributed by atoms with Crippen LogP contribution in [-0.4, -0.2) is 19.0 Å². The third-order valence-corrected chi connectivity index (χ3v) is 3.42. The first-order valence-electron chi connectivity index (χ1n) is 6.91. The summed E-state index contributed by atoms with van der Waals surface area (Å²) in [5, 5.41) is 3.04. The first-order chi connectivity index (χ1) is 8.85. The lowest BCUT2D eigenvalue weighted by Crippen LogP contribution is -2.34. The number of nitrogens with one attached hydrogen (secondary N) is 1. The largest absolute Gasteiger partial charge is 0.351 e. The SMILES string of the molecule is Cc1ccc(C)c(C(=O)NCC(C)(C)CCCN)c1. The number of rotatable bonds is 6. The third kappa shape index (κ3) is 5.03. The van der Waals surface area contributed by atoms with E-state index in [0.29, 0.717) is 13.1 Å². The maximum atomic E-state index is 12.2. The molecule has 3 heteroatoms. The second kappa shape index (κ2) is 6.71. The van der Waals surface area contributed by atoms with E-state index in [1.54, 1.807) is 0 Å². The molecule has 1 aromatic carbocycles. The van der Waals surface area contributed by atoms with Gasteiger partial charge in [0.25, 0.3) is 5.91 Å². The summed E-state index contributed by atoms with van der Waals surface area (Å²) in [7, 11) is 0. The molecule has 0 fully saturated rings. The highest BCUT2D eigenvalue weighted by Crippen LogP contribution is 2.21. The second-order valence-electron chi connectivity index (χ2n) is 6.06. The predicted molar refractivity (Wildman–Crippen MR) is 80.3 cm³/mol. The van der Waals surface area contributed by atoms with Crippen molar-refractivity contribution in [3.8, 4) is 0 Å². The monoisotopic (exact) mass is 262 g/mol. The van der Waals surface area contributed by atoms with Crippen LogP contribution in [0.5, 0.6) is 0 Å². The number of carbonyl (C=O) groups is 1. The molecule has 0 spiro atoms. The van der Waals surface area contributed by atoms with E-state index < -0.39 is 0 Å². The van der Waals surface area contributed by atoms with Gasteiger partial charge in [0.2, 0.25) is 0 Å². The highest BCUT2D eigenvalue weighted by Gasteiger charge is 2.19. The summed E-state index contributed by atoms with van der Waals surface area (Å²) in [6.45, 7) is 9.67. The molecule has 0 aliphatic heterocycles. The zero-order valence-electron chi connectivity index (χ0n) is 12.5. The van der Waals surface area contributed by atoms with Crippen molar-refractivity contribution in [3.05, 3.63) is 34.9 Å². The molecular weight excluding hydrogens is 236 g/mol. The van der Waals surface area contributed by atoms with Gasteiger partial charge < -0.3 is 11.1 Å². The van der Waals surface area contributed by atoms with Gasteiger partial charge in [-0.25, -0.2) is 0 Å². The molecule has 0 bridgehead atoms. The Balaban J connectivity index is 2.62. The number of nitrogens with two attached hydrogens (primary N) is 1. The Morgan fingerprint density at radius 2 is 2.00 bits per heavy atom. The van der Waals surface area contributed by atoms with Crippen molar-refractivity contribution < 1.29 is 4.79 Å². The minimum atomic E-state index is 0.0158. The molecule has 0 aliphatic rings. The Bertz CT molecular complexity index is 438. The van der Waals surface area contributed by atoms with E-state index in [4.69, 9.17) is 5.73 Å². The van der Waals surface area contributed by atoms with Crippen LogP contribution in [-0.2, 0) is 0 Å². The van der Waals surface area contributed by atoms with Crippen molar-refractivity contribution >= 4 is 5.91 Å². The fourth-order valence-corrected chi connectivity index (χ4v) is 2.06. The normalized spacial score (nSPS) is 11.4. The van der Waals surface area contributed by atoms with Gasteiger partial charge in [-0.1, -0.05) is 31.5 Å². The van der Waals surface area contributed by atoms with Gasteiger partial charge in [-0.15, -0.1) is 0 Å². The van der Waals surface area contributed by atoms with E-state index in [1.807, 2.05) is 32.0 Å². The van der Waals surface area contributed by atoms with Gasteiger partial charge in [0.05, 0.1) is 0 Å². The highest BCUT2D eigenvalue weighted by molar-refractivity contribution is 5.95. The smallest absolute Gasteiger partial charge is 0.251 e. The zero-order valence-corrected chi connectivity index (χ0v) is 12.5. The minimum absolute atomic E-state index is 0.0158. The first-order valence-corrected chi connectivity index (χ1v) is 6.91. The Hall–Kier alpha value is -1.35. The van der Waals surface area contributed by atoms with Crippen molar-refractivity contribution in [2.45, 2.75) is 40.5 Å². The molecule has 106 valence electrons. The van der Waals surface area contributed by atoms with E-state index >= 15 is 0 Å². The van der Waals surface area contributed by atoms with E-state index in [2.05, 4.69) is 19.2 Å². The Morgan fingerprint density at radius 3 is 2.63 bits per heavy atom. The van der Waals surface area contributed by atoms with Crippen LogP contribution in [0.25, 0.3) is 0 Å². The van der Waals surface area contributed by atoms with Crippen LogP contribution in [0.3, 0.4) is 0 Å². The molecule has 0 saturated heterocycles. The standard InChI is InChI=1S/C16H26N2O/c1-12-6-7-13(2)14(10-12)15(19)18-11-16(3,4)8-5-9-17/h6-7,10H,5,8-9,11,17H2,1-4H3,(H,18,19). The van der Waals surface area contributed by atoms with Crippen LogP contribution >= 0.6 is 0 Å². The highest BCUT2D eigenvalue weighted by atomic mass is 16.1. The molecule has 0 aliphatic carbocycles. The summed E-state index contributed by atoms with van der Waals surface area (Å²) in [5.41, 5.74) is 8.52. The van der Waals surface area contributed by atoms with E-state index in [1.165, 1.54) is 0 Å². The zero-order chi connectivity index (χ0) is 14.5. The number of aryl methyl sites for hydroxylation is 2. The van der Waals surface area contributed by atoms with Crippen LogP contribution in [0.4, 0.5) is 0 Å². The summed E-state index contributed by atoms with van der Waals surface area (Å²) < 4.78 is 0. The lowest BCUT2D eigenvalue weighted by Gasteiger charge is -2.25. The predicted octanol–water partition coefficient (Wildman–Crippen LogP) is 2.80. The topological polar surface area (TPSA) is 55.1 Å². The Kier molecular flexibility index (Phi) is 5.55. The van der Waals surface area contributed by atoms with Crippen LogP contribution in [0.2, 0.25) is 0 Å². The number of carbonyl (C=O) groups excluding carboxylic acids is 1. The van der Waals surface area contributed by atoms with Crippen LogP contribution in [0.15, 0.2) is 18.2 Å². The summed E-state index contributed by atoms with van der Waals surface area (Å²) in [6, 6.07) is 5.96.